The average molecular weight is 410 g/mol. The fourth-order valence-electron chi connectivity index (χ4n) is 4.46. The summed E-state index contributed by atoms with van der Waals surface area (Å²) in [4.78, 5) is 35.3. The molecular weight excluding hydrogens is 384 g/mol. The van der Waals surface area contributed by atoms with Crippen LogP contribution in [0.4, 0.5) is 10.6 Å². The average Bonchev–Trinajstić information content (AvgIpc) is 3.05. The highest BCUT2D eigenvalue weighted by atomic mass is 16.5. The van der Waals surface area contributed by atoms with Crippen molar-refractivity contribution in [1.29, 1.82) is 0 Å². The molecule has 0 aromatic carbocycles. The summed E-state index contributed by atoms with van der Waals surface area (Å²) in [5, 5.41) is 1.47. The maximum absolute atomic E-state index is 12.9. The number of hydrogen-bond acceptors (Lipinski definition) is 6. The molecule has 1 N–H and O–H groups in total. The zero-order valence-electron chi connectivity index (χ0n) is 17.2. The first kappa shape index (κ1) is 18.9. The third kappa shape index (κ3) is 3.19. The number of likely N-dealkylation sites (tertiary alicyclic amines) is 1. The third-order valence-corrected chi connectivity index (χ3v) is 6.03. The molecule has 0 saturated carbocycles. The Kier molecular flexibility index (Phi) is 4.62. The fourth-order valence-corrected chi connectivity index (χ4v) is 4.46. The molecule has 2 atom stereocenters. The second kappa shape index (κ2) is 7.32. The monoisotopic (exact) mass is 410 g/mol. The lowest BCUT2D eigenvalue weighted by Gasteiger charge is -2.34. The summed E-state index contributed by atoms with van der Waals surface area (Å²) in [6, 6.07) is 1.71. The highest BCUT2D eigenvalue weighted by molar-refractivity contribution is 5.95. The second-order valence-electron chi connectivity index (χ2n) is 8.27. The lowest BCUT2D eigenvalue weighted by atomic mass is 10.00. The lowest BCUT2D eigenvalue weighted by molar-refractivity contribution is 0.0682. The summed E-state index contributed by atoms with van der Waals surface area (Å²) < 4.78 is 5.85. The molecule has 2 saturated heterocycles. The van der Waals surface area contributed by atoms with Crippen molar-refractivity contribution in [2.75, 3.05) is 38.2 Å². The molecule has 158 valence electrons. The van der Waals surface area contributed by atoms with E-state index in [0.717, 1.165) is 25.2 Å². The first-order valence-corrected chi connectivity index (χ1v) is 10.4. The summed E-state index contributed by atoms with van der Waals surface area (Å²) in [5.74, 6) is 1.84. The third-order valence-electron chi connectivity index (χ3n) is 6.03. The Morgan fingerprint density at radius 1 is 1.33 bits per heavy atom. The van der Waals surface area contributed by atoms with Gasteiger partial charge in [0.05, 0.1) is 12.1 Å². The largest absolute Gasteiger partial charge is 0.488 e. The molecule has 0 aliphatic carbocycles. The molecule has 30 heavy (non-hydrogen) atoms. The molecule has 9 nitrogen and oxygen atoms in total. The zero-order chi connectivity index (χ0) is 20.8. The van der Waals surface area contributed by atoms with E-state index in [0.29, 0.717) is 36.2 Å². The number of hydrazine groups is 1. The van der Waals surface area contributed by atoms with Gasteiger partial charge >= 0.3 is 6.03 Å². The number of pyridine rings is 1. The minimum atomic E-state index is -0.226. The lowest BCUT2D eigenvalue weighted by Crippen LogP contribution is -2.40. The van der Waals surface area contributed by atoms with Gasteiger partial charge in [-0.15, -0.1) is 0 Å². The van der Waals surface area contributed by atoms with Crippen molar-refractivity contribution in [1.82, 2.24) is 25.2 Å². The van der Waals surface area contributed by atoms with E-state index in [9.17, 15) is 9.59 Å². The first-order chi connectivity index (χ1) is 14.5. The maximum Gasteiger partial charge on any atom is 0.339 e. The summed E-state index contributed by atoms with van der Waals surface area (Å²) >= 11 is 0. The van der Waals surface area contributed by atoms with Crippen molar-refractivity contribution < 1.29 is 14.3 Å². The molecule has 5 rings (SSSR count). The second-order valence-corrected chi connectivity index (χ2v) is 8.27. The van der Waals surface area contributed by atoms with Crippen LogP contribution in [0.3, 0.4) is 0 Å². The van der Waals surface area contributed by atoms with Crippen molar-refractivity contribution >= 4 is 17.8 Å². The van der Waals surface area contributed by atoms with E-state index in [-0.39, 0.29) is 18.1 Å². The summed E-state index contributed by atoms with van der Waals surface area (Å²) in [7, 11) is 1.70. The van der Waals surface area contributed by atoms with Gasteiger partial charge in [0.1, 0.15) is 12.8 Å². The number of carbonyl (C=O) groups excluding carboxylic acids is 2. The molecule has 4 aliphatic rings. The summed E-state index contributed by atoms with van der Waals surface area (Å²) in [6.07, 6.45) is 9.31. The van der Waals surface area contributed by atoms with Crippen LogP contribution in [0.5, 0.6) is 5.75 Å². The molecule has 4 aliphatic heterocycles. The van der Waals surface area contributed by atoms with Crippen molar-refractivity contribution in [3.05, 3.63) is 41.9 Å². The number of ether oxygens (including phenoxy) is 1. The molecule has 5 heterocycles. The smallest absolute Gasteiger partial charge is 0.339 e. The number of piperidine rings is 1. The topological polar surface area (TPSA) is 81.3 Å². The first-order valence-electron chi connectivity index (χ1n) is 10.4. The number of fused-ring (bicyclic) bond motifs is 2. The Hall–Kier alpha value is -3.07. The Morgan fingerprint density at radius 3 is 3.03 bits per heavy atom. The van der Waals surface area contributed by atoms with E-state index < -0.39 is 0 Å². The maximum atomic E-state index is 12.9. The number of allylic oxidation sites excluding steroid dienone is 1. The van der Waals surface area contributed by atoms with Crippen LogP contribution in [-0.2, 0) is 0 Å². The van der Waals surface area contributed by atoms with Gasteiger partial charge in [0, 0.05) is 38.2 Å². The number of aromatic nitrogens is 1. The molecule has 1 unspecified atom stereocenters. The van der Waals surface area contributed by atoms with Gasteiger partial charge in [-0.2, -0.15) is 0 Å². The number of rotatable bonds is 2. The van der Waals surface area contributed by atoms with Gasteiger partial charge in [-0.05, 0) is 37.0 Å². The van der Waals surface area contributed by atoms with Crippen LogP contribution >= 0.6 is 0 Å². The predicted octanol–water partition coefficient (Wildman–Crippen LogP) is 1.76. The van der Waals surface area contributed by atoms with E-state index in [1.807, 2.05) is 17.1 Å². The molecule has 0 radical (unpaired) electrons. The number of carbonyl (C=O) groups is 2. The van der Waals surface area contributed by atoms with Crippen molar-refractivity contribution in [3.8, 4) is 5.75 Å². The molecule has 3 amide bonds. The highest BCUT2D eigenvalue weighted by Gasteiger charge is 2.35. The summed E-state index contributed by atoms with van der Waals surface area (Å²) in [5.41, 5.74) is 4.62. The quantitative estimate of drug-likeness (QED) is 0.800. The van der Waals surface area contributed by atoms with Crippen LogP contribution in [0.1, 0.15) is 30.1 Å². The van der Waals surface area contributed by atoms with Gasteiger partial charge in [0.25, 0.3) is 5.91 Å². The minimum Gasteiger partial charge on any atom is -0.488 e. The molecule has 0 bridgehead atoms. The van der Waals surface area contributed by atoms with Crippen molar-refractivity contribution in [3.63, 3.8) is 0 Å². The number of hydrogen-bond donors (Lipinski definition) is 1. The van der Waals surface area contributed by atoms with Gasteiger partial charge < -0.3 is 14.5 Å². The number of nitrogens with one attached hydrogen (secondary N) is 1. The Bertz CT molecular complexity index is 945. The van der Waals surface area contributed by atoms with Crippen molar-refractivity contribution in [2.45, 2.75) is 25.9 Å². The highest BCUT2D eigenvalue weighted by Crippen LogP contribution is 2.34. The van der Waals surface area contributed by atoms with E-state index in [4.69, 9.17) is 4.74 Å². The zero-order valence-corrected chi connectivity index (χ0v) is 17.2. The minimum absolute atomic E-state index is 0.0155. The van der Waals surface area contributed by atoms with E-state index in [1.54, 1.807) is 30.4 Å². The predicted molar refractivity (Wildman–Crippen MR) is 111 cm³/mol. The van der Waals surface area contributed by atoms with Gasteiger partial charge in [-0.1, -0.05) is 6.92 Å². The molecule has 1 aromatic heterocycles. The Balaban J connectivity index is 1.39. The fraction of sp³-hybridized carbons (Fsp3) is 0.476. The van der Waals surface area contributed by atoms with Crippen LogP contribution in [0, 0.1) is 5.92 Å². The molecule has 1 aromatic rings. The SMILES string of the molecule is C[C@H]1CCCN(C(=O)c2cnc3c(c2)OCCN3C2=CC3NN(C)C(=O)N3C=C2)C1. The van der Waals surface area contributed by atoms with Gasteiger partial charge in [0.2, 0.25) is 0 Å². The van der Waals surface area contributed by atoms with E-state index in [2.05, 4.69) is 22.2 Å². The number of amides is 3. The van der Waals surface area contributed by atoms with Gasteiger partial charge in [-0.3, -0.25) is 14.7 Å². The van der Waals surface area contributed by atoms with E-state index >= 15 is 0 Å². The number of urea groups is 1. The van der Waals surface area contributed by atoms with Crippen LogP contribution in [-0.4, -0.2) is 71.2 Å². The molecular formula is C21H26N6O3. The normalized spacial score (nSPS) is 25.7. The number of nitrogens with zero attached hydrogens (tertiary/aromatic N) is 5. The van der Waals surface area contributed by atoms with Crippen LogP contribution in [0.2, 0.25) is 0 Å². The molecule has 2 fully saturated rings. The molecule has 9 heteroatoms. The van der Waals surface area contributed by atoms with E-state index in [1.165, 1.54) is 11.4 Å². The Morgan fingerprint density at radius 2 is 2.20 bits per heavy atom. The standard InChI is InChI=1S/C21H26N6O3/c1-14-4-3-6-25(13-14)20(28)15-10-17-19(22-12-15)26(8-9-30-17)16-5-7-27-18(11-16)23-24(2)21(27)29/h5,7,10-12,14,18,23H,3-4,6,8-9,13H2,1-2H3/t14-,18?/m0/s1. The Labute approximate surface area is 175 Å². The summed E-state index contributed by atoms with van der Waals surface area (Å²) in [6.45, 7) is 4.91. The van der Waals surface area contributed by atoms with Crippen LogP contribution in [0.25, 0.3) is 0 Å². The number of anilines is 1. The van der Waals surface area contributed by atoms with Gasteiger partial charge in [0.15, 0.2) is 11.6 Å². The van der Waals surface area contributed by atoms with Crippen LogP contribution in [0.15, 0.2) is 36.3 Å². The van der Waals surface area contributed by atoms with Crippen LogP contribution < -0.4 is 15.1 Å². The van der Waals surface area contributed by atoms with Crippen molar-refractivity contribution in [2.24, 2.45) is 5.92 Å². The van der Waals surface area contributed by atoms with Gasteiger partial charge in [-0.25, -0.2) is 15.2 Å². The molecule has 0 spiro atoms.